The molecule has 0 bridgehead atoms. The summed E-state index contributed by atoms with van der Waals surface area (Å²) in [5.41, 5.74) is 2.42. The highest BCUT2D eigenvalue weighted by molar-refractivity contribution is 6.02. The van der Waals surface area contributed by atoms with Crippen LogP contribution in [-0.4, -0.2) is 29.9 Å². The van der Waals surface area contributed by atoms with Crippen LogP contribution in [0.4, 0.5) is 5.69 Å². The fourth-order valence-corrected chi connectivity index (χ4v) is 2.39. The summed E-state index contributed by atoms with van der Waals surface area (Å²) in [4.78, 5) is 24.7. The number of hydrogen-bond acceptors (Lipinski definition) is 3. The second-order valence-corrected chi connectivity index (χ2v) is 4.79. The number of rotatable bonds is 3. The van der Waals surface area contributed by atoms with E-state index in [1.54, 1.807) is 6.92 Å². The van der Waals surface area contributed by atoms with Crippen LogP contribution in [0.15, 0.2) is 35.9 Å². The molecule has 0 aliphatic carbocycles. The van der Waals surface area contributed by atoms with Crippen molar-refractivity contribution in [3.8, 4) is 0 Å². The Morgan fingerprint density at radius 2 is 2.16 bits per heavy atom. The Hall–Kier alpha value is -2.10. The number of ketones is 1. The number of para-hydroxylation sites is 1. The minimum atomic E-state index is -0.934. The Bertz CT molecular complexity index is 534. The van der Waals surface area contributed by atoms with Crippen LogP contribution in [0.25, 0.3) is 0 Å². The average molecular weight is 259 g/mol. The fraction of sp³-hybridized carbons (Fsp3) is 0.333. The zero-order valence-electron chi connectivity index (χ0n) is 10.9. The third-order valence-corrected chi connectivity index (χ3v) is 3.19. The van der Waals surface area contributed by atoms with Crippen LogP contribution in [0, 0.1) is 0 Å². The Morgan fingerprint density at radius 1 is 1.42 bits per heavy atom. The molecule has 4 nitrogen and oxygen atoms in total. The van der Waals surface area contributed by atoms with Gasteiger partial charge in [0.1, 0.15) is 0 Å². The van der Waals surface area contributed by atoms with E-state index in [-0.39, 0.29) is 5.78 Å². The van der Waals surface area contributed by atoms with Crippen LogP contribution in [0.2, 0.25) is 0 Å². The number of hydrogen-bond donors (Lipinski definition) is 1. The van der Waals surface area contributed by atoms with E-state index in [1.165, 1.54) is 6.08 Å². The number of carboxylic acid groups (broad SMARTS) is 1. The van der Waals surface area contributed by atoms with Crippen molar-refractivity contribution >= 4 is 17.4 Å². The monoisotopic (exact) mass is 259 g/mol. The molecule has 19 heavy (non-hydrogen) atoms. The minimum absolute atomic E-state index is 0.165. The van der Waals surface area contributed by atoms with Gasteiger partial charge in [0.15, 0.2) is 5.78 Å². The molecule has 2 rings (SSSR count). The molecule has 1 N–H and O–H groups in total. The van der Waals surface area contributed by atoms with Crippen LogP contribution < -0.4 is 4.90 Å². The molecular formula is C15H17NO3. The maximum absolute atomic E-state index is 12.0. The first-order chi connectivity index (χ1) is 9.08. The Morgan fingerprint density at radius 3 is 2.89 bits per heavy atom. The number of Topliss-reactive ketones (excluding diaryl/α,β-unsaturated/α-hetero) is 1. The van der Waals surface area contributed by atoms with E-state index in [4.69, 9.17) is 5.11 Å². The molecule has 0 radical (unpaired) electrons. The SMILES string of the molecule is C/C(=C/C(=O)O)CN1CCCC(=O)c2ccccc21. The summed E-state index contributed by atoms with van der Waals surface area (Å²) in [6, 6.07) is 7.53. The number of fused-ring (bicyclic) bond motifs is 1. The maximum atomic E-state index is 12.0. The van der Waals surface area contributed by atoms with E-state index >= 15 is 0 Å². The van der Waals surface area contributed by atoms with Gasteiger partial charge in [0.25, 0.3) is 0 Å². The molecule has 1 aromatic rings. The topological polar surface area (TPSA) is 57.6 Å². The maximum Gasteiger partial charge on any atom is 0.328 e. The van der Waals surface area contributed by atoms with Crippen molar-refractivity contribution in [3.63, 3.8) is 0 Å². The first kappa shape index (κ1) is 13.3. The molecule has 1 heterocycles. The average Bonchev–Trinajstić information content (AvgIpc) is 2.50. The molecular weight excluding hydrogens is 242 g/mol. The third kappa shape index (κ3) is 3.22. The van der Waals surface area contributed by atoms with Gasteiger partial charge in [-0.05, 0) is 31.1 Å². The number of nitrogens with zero attached hydrogens (tertiary/aromatic N) is 1. The number of aliphatic carboxylic acids is 1. The lowest BCUT2D eigenvalue weighted by molar-refractivity contribution is -0.131. The quantitative estimate of drug-likeness (QED) is 0.847. The predicted molar refractivity (Wildman–Crippen MR) is 73.6 cm³/mol. The second-order valence-electron chi connectivity index (χ2n) is 4.79. The molecule has 0 saturated heterocycles. The molecule has 4 heteroatoms. The summed E-state index contributed by atoms with van der Waals surface area (Å²) in [5.74, 6) is -0.769. The first-order valence-electron chi connectivity index (χ1n) is 6.35. The van der Waals surface area contributed by atoms with Crippen LogP contribution in [0.1, 0.15) is 30.1 Å². The highest BCUT2D eigenvalue weighted by Crippen LogP contribution is 2.26. The molecule has 0 atom stereocenters. The van der Waals surface area contributed by atoms with E-state index in [1.807, 2.05) is 24.3 Å². The summed E-state index contributed by atoms with van der Waals surface area (Å²) < 4.78 is 0. The van der Waals surface area contributed by atoms with Gasteiger partial charge >= 0.3 is 5.97 Å². The molecule has 0 spiro atoms. The van der Waals surface area contributed by atoms with Crippen molar-refractivity contribution in [1.82, 2.24) is 0 Å². The lowest BCUT2D eigenvalue weighted by atomic mass is 10.1. The van der Waals surface area contributed by atoms with Crippen molar-refractivity contribution in [2.24, 2.45) is 0 Å². The van der Waals surface area contributed by atoms with Gasteiger partial charge in [0.2, 0.25) is 0 Å². The zero-order chi connectivity index (χ0) is 13.8. The van der Waals surface area contributed by atoms with Crippen molar-refractivity contribution in [2.45, 2.75) is 19.8 Å². The van der Waals surface area contributed by atoms with Gasteiger partial charge in [0.05, 0.1) is 0 Å². The van der Waals surface area contributed by atoms with Gasteiger partial charge in [-0.1, -0.05) is 12.1 Å². The molecule has 1 aliphatic heterocycles. The van der Waals surface area contributed by atoms with Gasteiger partial charge in [0, 0.05) is 36.8 Å². The largest absolute Gasteiger partial charge is 0.478 e. The van der Waals surface area contributed by atoms with Gasteiger partial charge in [-0.25, -0.2) is 4.79 Å². The molecule has 1 aromatic carbocycles. The second kappa shape index (κ2) is 5.69. The van der Waals surface area contributed by atoms with Gasteiger partial charge in [-0.2, -0.15) is 0 Å². The molecule has 100 valence electrons. The fourth-order valence-electron chi connectivity index (χ4n) is 2.39. The van der Waals surface area contributed by atoms with Gasteiger partial charge in [-0.15, -0.1) is 0 Å². The normalized spacial score (nSPS) is 15.9. The summed E-state index contributed by atoms with van der Waals surface area (Å²) in [6.45, 7) is 3.10. The number of carboxylic acids is 1. The van der Waals surface area contributed by atoms with E-state index in [0.717, 1.165) is 29.8 Å². The first-order valence-corrected chi connectivity index (χ1v) is 6.35. The van der Waals surface area contributed by atoms with Crippen molar-refractivity contribution in [2.75, 3.05) is 18.0 Å². The smallest absolute Gasteiger partial charge is 0.328 e. The predicted octanol–water partition coefficient (Wildman–Crippen LogP) is 2.50. The molecule has 0 unspecified atom stereocenters. The molecule has 0 fully saturated rings. The van der Waals surface area contributed by atoms with Crippen LogP contribution >= 0.6 is 0 Å². The van der Waals surface area contributed by atoms with Crippen molar-refractivity contribution in [1.29, 1.82) is 0 Å². The standard InChI is InChI=1S/C15H17NO3/c1-11(9-15(18)19)10-16-8-4-7-14(17)12-5-2-3-6-13(12)16/h2-3,5-6,9H,4,7-8,10H2,1H3,(H,18,19)/b11-9-. The Labute approximate surface area is 112 Å². The summed E-state index contributed by atoms with van der Waals surface area (Å²) in [7, 11) is 0. The van der Waals surface area contributed by atoms with E-state index in [2.05, 4.69) is 4.90 Å². The minimum Gasteiger partial charge on any atom is -0.478 e. The Kier molecular flexibility index (Phi) is 4.00. The number of carbonyl (C=O) groups is 2. The lowest BCUT2D eigenvalue weighted by Gasteiger charge is -2.24. The molecule has 1 aliphatic rings. The number of carbonyl (C=O) groups excluding carboxylic acids is 1. The van der Waals surface area contributed by atoms with Crippen LogP contribution in [0.3, 0.4) is 0 Å². The number of benzene rings is 1. The molecule has 0 amide bonds. The highest BCUT2D eigenvalue weighted by atomic mass is 16.4. The van der Waals surface area contributed by atoms with Gasteiger partial charge < -0.3 is 10.0 Å². The zero-order valence-corrected chi connectivity index (χ0v) is 10.9. The Balaban J connectivity index is 2.29. The highest BCUT2D eigenvalue weighted by Gasteiger charge is 2.20. The van der Waals surface area contributed by atoms with E-state index in [9.17, 15) is 9.59 Å². The van der Waals surface area contributed by atoms with Crippen LogP contribution in [-0.2, 0) is 4.79 Å². The number of anilines is 1. The summed E-state index contributed by atoms with van der Waals surface area (Å²) >= 11 is 0. The third-order valence-electron chi connectivity index (χ3n) is 3.19. The van der Waals surface area contributed by atoms with Crippen molar-refractivity contribution < 1.29 is 14.7 Å². The molecule has 0 aromatic heterocycles. The molecule has 0 saturated carbocycles. The van der Waals surface area contributed by atoms with E-state index < -0.39 is 5.97 Å². The van der Waals surface area contributed by atoms with E-state index in [0.29, 0.717) is 13.0 Å². The summed E-state index contributed by atoms with van der Waals surface area (Å²) in [5, 5.41) is 8.76. The van der Waals surface area contributed by atoms with Gasteiger partial charge in [-0.3, -0.25) is 4.79 Å². The lowest BCUT2D eigenvalue weighted by Crippen LogP contribution is -2.26. The van der Waals surface area contributed by atoms with Crippen LogP contribution in [0.5, 0.6) is 0 Å². The summed E-state index contributed by atoms with van der Waals surface area (Å²) in [6.07, 6.45) is 2.57. The van der Waals surface area contributed by atoms with Crippen molar-refractivity contribution in [3.05, 3.63) is 41.5 Å².